The summed E-state index contributed by atoms with van der Waals surface area (Å²) in [4.78, 5) is 17.4. The number of nitrogens with zero attached hydrogens (tertiary/aromatic N) is 1. The van der Waals surface area contributed by atoms with E-state index in [0.29, 0.717) is 0 Å². The number of carboxylic acids is 1. The van der Waals surface area contributed by atoms with E-state index < -0.39 is 5.97 Å². The SMILES string of the molecule is O=C(O)c1ccc(-c2nccs2)[nH]1. The van der Waals surface area contributed by atoms with E-state index in [1.54, 1.807) is 12.3 Å². The molecule has 0 atom stereocenters. The molecule has 4 nitrogen and oxygen atoms in total. The van der Waals surface area contributed by atoms with Crippen LogP contribution in [0.25, 0.3) is 10.7 Å². The van der Waals surface area contributed by atoms with Gasteiger partial charge in [0.05, 0.1) is 5.69 Å². The van der Waals surface area contributed by atoms with Crippen molar-refractivity contribution in [2.75, 3.05) is 0 Å². The first kappa shape index (κ1) is 8.00. The third kappa shape index (κ3) is 1.46. The van der Waals surface area contributed by atoms with E-state index in [2.05, 4.69) is 9.97 Å². The van der Waals surface area contributed by atoms with E-state index in [1.807, 2.05) is 5.38 Å². The van der Waals surface area contributed by atoms with Crippen molar-refractivity contribution >= 4 is 17.3 Å². The molecule has 0 radical (unpaired) electrons. The van der Waals surface area contributed by atoms with Crippen LogP contribution in [0.4, 0.5) is 0 Å². The van der Waals surface area contributed by atoms with Gasteiger partial charge >= 0.3 is 5.97 Å². The van der Waals surface area contributed by atoms with Crippen LogP contribution in [0.3, 0.4) is 0 Å². The van der Waals surface area contributed by atoms with Gasteiger partial charge in [-0.1, -0.05) is 0 Å². The van der Waals surface area contributed by atoms with Gasteiger partial charge in [0.1, 0.15) is 10.7 Å². The summed E-state index contributed by atoms with van der Waals surface area (Å²) >= 11 is 1.47. The lowest BCUT2D eigenvalue weighted by molar-refractivity contribution is 0.0691. The Morgan fingerprint density at radius 2 is 2.38 bits per heavy atom. The number of rotatable bonds is 2. The topological polar surface area (TPSA) is 66.0 Å². The second-order valence-corrected chi connectivity index (χ2v) is 3.32. The molecular weight excluding hydrogens is 188 g/mol. The normalized spacial score (nSPS) is 10.2. The lowest BCUT2D eigenvalue weighted by atomic mass is 10.4. The number of aromatic amines is 1. The van der Waals surface area contributed by atoms with Crippen molar-refractivity contribution in [3.8, 4) is 10.7 Å². The molecular formula is C8H6N2O2S. The zero-order chi connectivity index (χ0) is 9.26. The summed E-state index contributed by atoms with van der Waals surface area (Å²) in [5.74, 6) is -0.956. The fourth-order valence-electron chi connectivity index (χ4n) is 1.00. The van der Waals surface area contributed by atoms with Crippen molar-refractivity contribution in [1.82, 2.24) is 9.97 Å². The quantitative estimate of drug-likeness (QED) is 0.766. The Balaban J connectivity index is 2.39. The highest BCUT2D eigenvalue weighted by molar-refractivity contribution is 7.13. The molecule has 0 fully saturated rings. The van der Waals surface area contributed by atoms with Gasteiger partial charge in [0.2, 0.25) is 0 Å². The molecule has 2 N–H and O–H groups in total. The third-order valence-electron chi connectivity index (χ3n) is 1.58. The number of hydrogen-bond acceptors (Lipinski definition) is 3. The molecule has 13 heavy (non-hydrogen) atoms. The van der Waals surface area contributed by atoms with Crippen LogP contribution >= 0.6 is 11.3 Å². The smallest absolute Gasteiger partial charge is 0.352 e. The third-order valence-corrected chi connectivity index (χ3v) is 2.39. The van der Waals surface area contributed by atoms with E-state index >= 15 is 0 Å². The maximum Gasteiger partial charge on any atom is 0.352 e. The van der Waals surface area contributed by atoms with E-state index in [1.165, 1.54) is 17.4 Å². The molecule has 0 unspecified atom stereocenters. The van der Waals surface area contributed by atoms with Crippen LogP contribution < -0.4 is 0 Å². The molecule has 0 bridgehead atoms. The van der Waals surface area contributed by atoms with Crippen molar-refractivity contribution in [2.45, 2.75) is 0 Å². The molecule has 0 aliphatic rings. The lowest BCUT2D eigenvalue weighted by Gasteiger charge is -1.88. The monoisotopic (exact) mass is 194 g/mol. The zero-order valence-electron chi connectivity index (χ0n) is 6.52. The largest absolute Gasteiger partial charge is 0.477 e. The minimum Gasteiger partial charge on any atom is -0.477 e. The molecule has 2 aromatic heterocycles. The standard InChI is InChI=1S/C8H6N2O2S/c11-8(12)6-2-1-5(10-6)7-9-3-4-13-7/h1-4,10H,(H,11,12). The Morgan fingerprint density at radius 3 is 2.92 bits per heavy atom. The Kier molecular flexibility index (Phi) is 1.86. The molecule has 2 aromatic rings. The average Bonchev–Trinajstić information content (AvgIpc) is 2.75. The van der Waals surface area contributed by atoms with Gasteiger partial charge in [0.25, 0.3) is 0 Å². The molecule has 2 rings (SSSR count). The highest BCUT2D eigenvalue weighted by Gasteiger charge is 2.07. The number of H-pyrrole nitrogens is 1. The minimum absolute atomic E-state index is 0.185. The molecule has 0 aromatic carbocycles. The second-order valence-electron chi connectivity index (χ2n) is 2.43. The van der Waals surface area contributed by atoms with Crippen molar-refractivity contribution in [3.05, 3.63) is 29.4 Å². The molecule has 0 aliphatic heterocycles. The fourth-order valence-corrected chi connectivity index (χ4v) is 1.62. The van der Waals surface area contributed by atoms with Crippen molar-refractivity contribution in [1.29, 1.82) is 0 Å². The first-order valence-corrected chi connectivity index (χ1v) is 4.47. The van der Waals surface area contributed by atoms with E-state index in [4.69, 9.17) is 5.11 Å². The van der Waals surface area contributed by atoms with Gasteiger partial charge in [-0.05, 0) is 12.1 Å². The molecule has 2 heterocycles. The Bertz CT molecular complexity index is 419. The zero-order valence-corrected chi connectivity index (χ0v) is 7.34. The molecule has 0 saturated heterocycles. The average molecular weight is 194 g/mol. The van der Waals surface area contributed by atoms with Crippen LogP contribution in [0.1, 0.15) is 10.5 Å². The molecule has 66 valence electrons. The highest BCUT2D eigenvalue weighted by Crippen LogP contribution is 2.20. The van der Waals surface area contributed by atoms with Gasteiger partial charge in [-0.3, -0.25) is 0 Å². The maximum absolute atomic E-state index is 10.5. The van der Waals surface area contributed by atoms with Gasteiger partial charge in [-0.25, -0.2) is 9.78 Å². The first-order valence-electron chi connectivity index (χ1n) is 3.59. The number of hydrogen-bond donors (Lipinski definition) is 2. The van der Waals surface area contributed by atoms with Crippen LogP contribution in [0.2, 0.25) is 0 Å². The van der Waals surface area contributed by atoms with Crippen LogP contribution in [0, 0.1) is 0 Å². The number of thiazole rings is 1. The van der Waals surface area contributed by atoms with Crippen LogP contribution in [0.5, 0.6) is 0 Å². The van der Waals surface area contributed by atoms with Crippen LogP contribution in [-0.2, 0) is 0 Å². The Hall–Kier alpha value is -1.62. The van der Waals surface area contributed by atoms with Gasteiger partial charge in [0, 0.05) is 11.6 Å². The molecule has 0 aliphatic carbocycles. The highest BCUT2D eigenvalue weighted by atomic mass is 32.1. The summed E-state index contributed by atoms with van der Waals surface area (Å²) in [5.41, 5.74) is 0.928. The molecule has 0 amide bonds. The Morgan fingerprint density at radius 1 is 1.54 bits per heavy atom. The summed E-state index contributed by atoms with van der Waals surface area (Å²) < 4.78 is 0. The van der Waals surface area contributed by atoms with E-state index in [-0.39, 0.29) is 5.69 Å². The maximum atomic E-state index is 10.5. The van der Waals surface area contributed by atoms with Crippen molar-refractivity contribution in [3.63, 3.8) is 0 Å². The first-order chi connectivity index (χ1) is 6.27. The van der Waals surface area contributed by atoms with E-state index in [0.717, 1.165) is 10.7 Å². The summed E-state index contributed by atoms with van der Waals surface area (Å²) in [6, 6.07) is 3.24. The van der Waals surface area contributed by atoms with Gasteiger partial charge in [-0.15, -0.1) is 11.3 Å². The van der Waals surface area contributed by atoms with Crippen molar-refractivity contribution < 1.29 is 9.90 Å². The van der Waals surface area contributed by atoms with Gasteiger partial charge in [0.15, 0.2) is 0 Å². The van der Waals surface area contributed by atoms with Crippen LogP contribution in [0.15, 0.2) is 23.7 Å². The Labute approximate surface area is 77.9 Å². The van der Waals surface area contributed by atoms with E-state index in [9.17, 15) is 4.79 Å². The lowest BCUT2D eigenvalue weighted by Crippen LogP contribution is -1.95. The van der Waals surface area contributed by atoms with Crippen LogP contribution in [-0.4, -0.2) is 21.0 Å². The van der Waals surface area contributed by atoms with Crippen molar-refractivity contribution in [2.24, 2.45) is 0 Å². The number of carboxylic acid groups (broad SMARTS) is 1. The number of carbonyl (C=O) groups is 1. The summed E-state index contributed by atoms with van der Waals surface area (Å²) in [7, 11) is 0. The molecule has 0 spiro atoms. The predicted octanol–water partition coefficient (Wildman–Crippen LogP) is 1.84. The van der Waals surface area contributed by atoms with Gasteiger partial charge in [-0.2, -0.15) is 0 Å². The fraction of sp³-hybridized carbons (Fsp3) is 0. The predicted molar refractivity (Wildman–Crippen MR) is 48.9 cm³/mol. The number of nitrogens with one attached hydrogen (secondary N) is 1. The summed E-state index contributed by atoms with van der Waals surface area (Å²) in [6.07, 6.45) is 1.68. The summed E-state index contributed by atoms with van der Waals surface area (Å²) in [6.45, 7) is 0. The molecule has 0 saturated carbocycles. The number of aromatic nitrogens is 2. The molecule has 5 heteroatoms. The number of aromatic carboxylic acids is 1. The van der Waals surface area contributed by atoms with Gasteiger partial charge < -0.3 is 10.1 Å². The minimum atomic E-state index is -0.956. The summed E-state index contributed by atoms with van der Waals surface area (Å²) in [5, 5.41) is 11.3. The second kappa shape index (κ2) is 3.02.